The Bertz CT molecular complexity index is 951. The number of nitrogens with one attached hydrogen (secondary N) is 1. The first-order valence-corrected chi connectivity index (χ1v) is 11.8. The van der Waals surface area contributed by atoms with Crippen LogP contribution in [0.25, 0.3) is 0 Å². The van der Waals surface area contributed by atoms with E-state index in [-0.39, 0.29) is 53.5 Å². The number of likely N-dealkylation sites (tertiary alicyclic amines) is 2. The number of carbonyl (C=O) groups is 2. The van der Waals surface area contributed by atoms with Gasteiger partial charge < -0.3 is 19.9 Å². The zero-order chi connectivity index (χ0) is 21.5. The molecule has 2 atom stereocenters. The average Bonchev–Trinajstić information content (AvgIpc) is 2.72. The molecule has 164 valence electrons. The number of ether oxygens (including phenoxy) is 1. The van der Waals surface area contributed by atoms with Crippen LogP contribution in [-0.2, 0) is 19.4 Å². The Balaban J connectivity index is 1.37. The van der Waals surface area contributed by atoms with Crippen LogP contribution in [0.4, 0.5) is 9.18 Å². The minimum absolute atomic E-state index is 0.0508. The van der Waals surface area contributed by atoms with Crippen molar-refractivity contribution in [2.24, 2.45) is 0 Å². The van der Waals surface area contributed by atoms with E-state index in [0.717, 1.165) is 12.1 Å². The second-order valence-corrected chi connectivity index (χ2v) is 10.5. The van der Waals surface area contributed by atoms with Gasteiger partial charge in [0.15, 0.2) is 9.84 Å². The zero-order valence-corrected chi connectivity index (χ0v) is 17.8. The number of halogens is 2. The molecule has 0 radical (unpaired) electrons. The molecule has 0 aliphatic carbocycles. The number of hydrogen-bond donors (Lipinski definition) is 1. The number of benzene rings is 1. The first kappa shape index (κ1) is 21.3. The predicted octanol–water partition coefficient (Wildman–Crippen LogP) is 1.43. The van der Waals surface area contributed by atoms with E-state index in [0.29, 0.717) is 32.6 Å². The number of carbonyl (C=O) groups excluding carboxylic acids is 2. The third kappa shape index (κ3) is 4.13. The van der Waals surface area contributed by atoms with E-state index in [2.05, 4.69) is 5.32 Å². The smallest absolute Gasteiger partial charge is 0.320 e. The maximum atomic E-state index is 13.3. The van der Waals surface area contributed by atoms with Gasteiger partial charge in [-0.2, -0.15) is 0 Å². The van der Waals surface area contributed by atoms with Crippen LogP contribution in [0, 0.1) is 5.82 Å². The van der Waals surface area contributed by atoms with Gasteiger partial charge in [0.1, 0.15) is 12.4 Å². The predicted molar refractivity (Wildman–Crippen MR) is 106 cm³/mol. The number of rotatable bonds is 2. The monoisotopic (exact) mass is 459 g/mol. The molecule has 0 aromatic heterocycles. The summed E-state index contributed by atoms with van der Waals surface area (Å²) in [6.07, 6.45) is 1.12. The number of fused-ring (bicyclic) bond motifs is 1. The summed E-state index contributed by atoms with van der Waals surface area (Å²) < 4.78 is 44.6. The molecule has 0 bridgehead atoms. The van der Waals surface area contributed by atoms with E-state index < -0.39 is 20.9 Å². The highest BCUT2D eigenvalue weighted by molar-refractivity contribution is 7.92. The van der Waals surface area contributed by atoms with Crippen LogP contribution in [0.5, 0.6) is 0 Å². The molecular weight excluding hydrogens is 437 g/mol. The Labute approximate surface area is 179 Å². The van der Waals surface area contributed by atoms with Crippen molar-refractivity contribution < 1.29 is 27.1 Å². The van der Waals surface area contributed by atoms with E-state index in [1.54, 1.807) is 9.80 Å². The molecule has 3 aliphatic heterocycles. The fraction of sp³-hybridized carbons (Fsp3) is 0.579. The summed E-state index contributed by atoms with van der Waals surface area (Å²) in [4.78, 5) is 27.7. The maximum Gasteiger partial charge on any atom is 0.320 e. The summed E-state index contributed by atoms with van der Waals surface area (Å²) in [6, 6.07) is 2.88. The SMILES string of the molecule is O=C1CO[C@H]2CCN(C(=O)N3CCC(S(=O)(=O)c4ccc(F)cc4Cl)CC3)C[C@H]2N1. The van der Waals surface area contributed by atoms with Crippen molar-refractivity contribution >= 4 is 33.4 Å². The quantitative estimate of drug-likeness (QED) is 0.675. The van der Waals surface area contributed by atoms with Gasteiger partial charge in [-0.15, -0.1) is 0 Å². The van der Waals surface area contributed by atoms with E-state index in [4.69, 9.17) is 16.3 Å². The van der Waals surface area contributed by atoms with Gasteiger partial charge in [-0.05, 0) is 37.5 Å². The van der Waals surface area contributed by atoms with Gasteiger partial charge in [-0.3, -0.25) is 4.79 Å². The fourth-order valence-electron chi connectivity index (χ4n) is 4.32. The molecule has 3 heterocycles. The van der Waals surface area contributed by atoms with Gasteiger partial charge in [-0.25, -0.2) is 17.6 Å². The summed E-state index contributed by atoms with van der Waals surface area (Å²) in [5, 5.41) is 2.05. The number of hydrogen-bond acceptors (Lipinski definition) is 5. The topological polar surface area (TPSA) is 96.0 Å². The lowest BCUT2D eigenvalue weighted by molar-refractivity contribution is -0.139. The van der Waals surface area contributed by atoms with Crippen LogP contribution in [0.3, 0.4) is 0 Å². The molecule has 4 rings (SSSR count). The first-order chi connectivity index (χ1) is 14.3. The van der Waals surface area contributed by atoms with E-state index >= 15 is 0 Å². The third-order valence-electron chi connectivity index (χ3n) is 5.95. The Hall–Kier alpha value is -1.91. The molecule has 0 unspecified atom stereocenters. The van der Waals surface area contributed by atoms with Crippen molar-refractivity contribution in [3.05, 3.63) is 29.0 Å². The lowest BCUT2D eigenvalue weighted by Crippen LogP contribution is -2.62. The molecule has 1 N–H and O–H groups in total. The average molecular weight is 460 g/mol. The van der Waals surface area contributed by atoms with Gasteiger partial charge in [0.25, 0.3) is 0 Å². The molecule has 3 fully saturated rings. The molecule has 8 nitrogen and oxygen atoms in total. The molecule has 3 saturated heterocycles. The molecule has 1 aromatic rings. The summed E-state index contributed by atoms with van der Waals surface area (Å²) in [5.41, 5.74) is 0. The van der Waals surface area contributed by atoms with Gasteiger partial charge in [0, 0.05) is 26.2 Å². The highest BCUT2D eigenvalue weighted by Gasteiger charge is 2.39. The lowest BCUT2D eigenvalue weighted by atomic mass is 10.0. The summed E-state index contributed by atoms with van der Waals surface area (Å²) in [7, 11) is -3.72. The van der Waals surface area contributed by atoms with E-state index in [9.17, 15) is 22.4 Å². The van der Waals surface area contributed by atoms with E-state index in [1.165, 1.54) is 6.07 Å². The maximum absolute atomic E-state index is 13.3. The standard InChI is InChI=1S/C19H23ClFN3O5S/c20-14-9-12(21)1-2-17(14)30(27,28)13-3-6-23(7-4-13)19(26)24-8-5-16-15(10-24)22-18(25)11-29-16/h1-2,9,13,15-16H,3-8,10-11H2,(H,22,25)/t15-,16+/m1/s1. The van der Waals surface area contributed by atoms with Crippen molar-refractivity contribution in [2.75, 3.05) is 32.8 Å². The van der Waals surface area contributed by atoms with E-state index in [1.807, 2.05) is 0 Å². The summed E-state index contributed by atoms with van der Waals surface area (Å²) in [5.74, 6) is -0.779. The normalized spacial score (nSPS) is 25.6. The van der Waals surface area contributed by atoms with Crippen LogP contribution >= 0.6 is 11.6 Å². The number of piperidine rings is 2. The molecule has 0 spiro atoms. The second kappa shape index (κ2) is 8.32. The Kier molecular flexibility index (Phi) is 5.91. The van der Waals surface area contributed by atoms with Crippen molar-refractivity contribution in [1.29, 1.82) is 0 Å². The molecule has 3 amide bonds. The van der Waals surface area contributed by atoms with Gasteiger partial charge in [0.05, 0.1) is 27.3 Å². The fourth-order valence-corrected chi connectivity index (χ4v) is 6.59. The molecular formula is C19H23ClFN3O5S. The number of amides is 3. The van der Waals surface area contributed by atoms with Crippen LogP contribution in [-0.4, -0.2) is 80.3 Å². The van der Waals surface area contributed by atoms with Crippen LogP contribution in [0.15, 0.2) is 23.1 Å². The highest BCUT2D eigenvalue weighted by atomic mass is 35.5. The largest absolute Gasteiger partial charge is 0.366 e. The van der Waals surface area contributed by atoms with Crippen molar-refractivity contribution in [3.63, 3.8) is 0 Å². The Morgan fingerprint density at radius 2 is 1.87 bits per heavy atom. The highest BCUT2D eigenvalue weighted by Crippen LogP contribution is 2.30. The Morgan fingerprint density at radius 1 is 1.17 bits per heavy atom. The third-order valence-corrected chi connectivity index (χ3v) is 8.69. The molecule has 0 saturated carbocycles. The molecule has 1 aromatic carbocycles. The van der Waals surface area contributed by atoms with Crippen molar-refractivity contribution in [2.45, 2.75) is 41.6 Å². The first-order valence-electron chi connectivity index (χ1n) is 9.89. The van der Waals surface area contributed by atoms with Crippen LogP contribution in [0.2, 0.25) is 5.02 Å². The van der Waals surface area contributed by atoms with Crippen molar-refractivity contribution in [1.82, 2.24) is 15.1 Å². The number of nitrogens with zero attached hydrogens (tertiary/aromatic N) is 2. The number of morpholine rings is 1. The molecule has 3 aliphatic rings. The van der Waals surface area contributed by atoms with Crippen LogP contribution in [0.1, 0.15) is 19.3 Å². The van der Waals surface area contributed by atoms with Crippen molar-refractivity contribution in [3.8, 4) is 0 Å². The van der Waals surface area contributed by atoms with Gasteiger partial charge >= 0.3 is 6.03 Å². The van der Waals surface area contributed by atoms with Gasteiger partial charge in [-0.1, -0.05) is 11.6 Å². The lowest BCUT2D eigenvalue weighted by Gasteiger charge is -2.43. The summed E-state index contributed by atoms with van der Waals surface area (Å²) in [6.45, 7) is 1.55. The molecule has 11 heteroatoms. The summed E-state index contributed by atoms with van der Waals surface area (Å²) >= 11 is 5.95. The van der Waals surface area contributed by atoms with Crippen LogP contribution < -0.4 is 5.32 Å². The van der Waals surface area contributed by atoms with Gasteiger partial charge in [0.2, 0.25) is 5.91 Å². The minimum atomic E-state index is -3.72. The number of sulfone groups is 1. The minimum Gasteiger partial charge on any atom is -0.366 e. The number of urea groups is 1. The Morgan fingerprint density at radius 3 is 2.57 bits per heavy atom. The molecule has 30 heavy (non-hydrogen) atoms. The second-order valence-electron chi connectivity index (χ2n) is 7.85. The zero-order valence-electron chi connectivity index (χ0n) is 16.2.